The largest absolute Gasteiger partial charge is 0.339 e. The third kappa shape index (κ3) is 5.55. The summed E-state index contributed by atoms with van der Waals surface area (Å²) in [6.07, 6.45) is 2.46. The average Bonchev–Trinajstić information content (AvgIpc) is 2.65. The first-order valence-electron chi connectivity index (χ1n) is 10.5. The maximum Gasteiger partial charge on any atom is 0.238 e. The molecule has 3 rings (SSSR count). The highest BCUT2D eigenvalue weighted by molar-refractivity contribution is 5.93. The average molecular weight is 387 g/mol. The predicted molar refractivity (Wildman–Crippen MR) is 112 cm³/mol. The number of anilines is 1. The molecule has 1 atom stereocenters. The molecule has 0 aliphatic carbocycles. The molecule has 0 saturated carbocycles. The number of hydrogen-bond acceptors (Lipinski definition) is 4. The van der Waals surface area contributed by atoms with Crippen molar-refractivity contribution in [1.82, 2.24) is 14.7 Å². The Morgan fingerprint density at radius 2 is 1.68 bits per heavy atom. The van der Waals surface area contributed by atoms with Crippen LogP contribution < -0.4 is 5.32 Å². The molecule has 6 heteroatoms. The number of piperidine rings is 1. The molecular formula is C22H34N4O2. The van der Waals surface area contributed by atoms with Gasteiger partial charge in [-0.25, -0.2) is 0 Å². The number of amides is 2. The number of piperazine rings is 1. The van der Waals surface area contributed by atoms with Crippen LogP contribution in [0.5, 0.6) is 0 Å². The van der Waals surface area contributed by atoms with Crippen molar-refractivity contribution in [3.8, 4) is 0 Å². The van der Waals surface area contributed by atoms with Crippen LogP contribution in [0.15, 0.2) is 18.2 Å². The van der Waals surface area contributed by atoms with Gasteiger partial charge < -0.3 is 10.2 Å². The first-order chi connectivity index (χ1) is 13.4. The summed E-state index contributed by atoms with van der Waals surface area (Å²) in [4.78, 5) is 31.4. The fourth-order valence-corrected chi connectivity index (χ4v) is 4.27. The van der Waals surface area contributed by atoms with Gasteiger partial charge in [0.15, 0.2) is 0 Å². The van der Waals surface area contributed by atoms with Gasteiger partial charge >= 0.3 is 0 Å². The lowest BCUT2D eigenvalue weighted by Crippen LogP contribution is -2.53. The number of benzene rings is 1. The molecule has 28 heavy (non-hydrogen) atoms. The summed E-state index contributed by atoms with van der Waals surface area (Å²) < 4.78 is 0. The summed E-state index contributed by atoms with van der Waals surface area (Å²) in [5.74, 6) is 0.932. The van der Waals surface area contributed by atoms with Gasteiger partial charge in [0.25, 0.3) is 0 Å². The van der Waals surface area contributed by atoms with Gasteiger partial charge in [-0.15, -0.1) is 0 Å². The highest BCUT2D eigenvalue weighted by atomic mass is 16.2. The Morgan fingerprint density at radius 3 is 2.32 bits per heavy atom. The third-order valence-corrected chi connectivity index (χ3v) is 5.94. The number of aryl methyl sites for hydroxylation is 2. The number of carbonyl (C=O) groups is 2. The smallest absolute Gasteiger partial charge is 0.238 e. The number of nitrogens with one attached hydrogen (secondary N) is 1. The lowest BCUT2D eigenvalue weighted by atomic mass is 10.0. The van der Waals surface area contributed by atoms with Crippen molar-refractivity contribution in [2.75, 3.05) is 57.7 Å². The van der Waals surface area contributed by atoms with Gasteiger partial charge in [0.1, 0.15) is 0 Å². The van der Waals surface area contributed by atoms with E-state index in [4.69, 9.17) is 0 Å². The zero-order valence-electron chi connectivity index (χ0n) is 17.5. The molecule has 2 amide bonds. The zero-order valence-corrected chi connectivity index (χ0v) is 17.5. The Balaban J connectivity index is 1.42. The molecule has 0 spiro atoms. The van der Waals surface area contributed by atoms with Crippen LogP contribution >= 0.6 is 0 Å². The van der Waals surface area contributed by atoms with Crippen LogP contribution in [0.4, 0.5) is 5.69 Å². The number of rotatable bonds is 5. The minimum atomic E-state index is 0.0134. The summed E-state index contributed by atoms with van der Waals surface area (Å²) in [7, 11) is 0. The Hall–Kier alpha value is -1.92. The van der Waals surface area contributed by atoms with Crippen LogP contribution in [0.25, 0.3) is 0 Å². The fraction of sp³-hybridized carbons (Fsp3) is 0.636. The molecule has 6 nitrogen and oxygen atoms in total. The first kappa shape index (κ1) is 20.8. The quantitative estimate of drug-likeness (QED) is 0.842. The molecule has 1 aromatic rings. The van der Waals surface area contributed by atoms with Crippen LogP contribution in [-0.2, 0) is 9.59 Å². The Morgan fingerprint density at radius 1 is 1.00 bits per heavy atom. The van der Waals surface area contributed by atoms with Crippen LogP contribution in [0, 0.1) is 19.8 Å². The van der Waals surface area contributed by atoms with E-state index in [1.165, 1.54) is 12.8 Å². The number of para-hydroxylation sites is 1. The second kappa shape index (κ2) is 9.52. The zero-order chi connectivity index (χ0) is 20.1. The van der Waals surface area contributed by atoms with Crippen molar-refractivity contribution >= 4 is 17.5 Å². The maximum absolute atomic E-state index is 12.6. The van der Waals surface area contributed by atoms with E-state index in [9.17, 15) is 9.59 Å². The van der Waals surface area contributed by atoms with Gasteiger partial charge in [0, 0.05) is 38.4 Å². The van der Waals surface area contributed by atoms with Gasteiger partial charge in [-0.1, -0.05) is 25.1 Å². The summed E-state index contributed by atoms with van der Waals surface area (Å²) in [6, 6.07) is 6.02. The van der Waals surface area contributed by atoms with E-state index in [0.717, 1.165) is 43.0 Å². The number of likely N-dealkylation sites (tertiary alicyclic amines) is 1. The van der Waals surface area contributed by atoms with Gasteiger partial charge in [-0.3, -0.25) is 19.4 Å². The highest BCUT2D eigenvalue weighted by Gasteiger charge is 2.25. The molecule has 1 unspecified atom stereocenters. The van der Waals surface area contributed by atoms with Gasteiger partial charge in [-0.2, -0.15) is 0 Å². The van der Waals surface area contributed by atoms with Crippen LogP contribution in [0.1, 0.15) is 30.9 Å². The van der Waals surface area contributed by atoms with Crippen molar-refractivity contribution in [3.05, 3.63) is 29.3 Å². The highest BCUT2D eigenvalue weighted by Crippen LogP contribution is 2.19. The van der Waals surface area contributed by atoms with E-state index < -0.39 is 0 Å². The SMILES string of the molecule is Cc1cccc(C)c1NC(=O)CN1CCN(C(=O)CN2CCCC(C)C2)CC1. The van der Waals surface area contributed by atoms with Crippen LogP contribution in [0.2, 0.25) is 0 Å². The monoisotopic (exact) mass is 386 g/mol. The van der Waals surface area contributed by atoms with E-state index in [-0.39, 0.29) is 11.8 Å². The summed E-state index contributed by atoms with van der Waals surface area (Å²) >= 11 is 0. The number of carbonyl (C=O) groups excluding carboxylic acids is 2. The van der Waals surface area contributed by atoms with E-state index in [1.807, 2.05) is 36.9 Å². The van der Waals surface area contributed by atoms with Crippen molar-refractivity contribution in [2.45, 2.75) is 33.6 Å². The molecule has 2 heterocycles. The molecule has 1 N–H and O–H groups in total. The minimum absolute atomic E-state index is 0.0134. The Kier molecular flexibility index (Phi) is 7.08. The second-order valence-corrected chi connectivity index (χ2v) is 8.45. The minimum Gasteiger partial charge on any atom is -0.339 e. The first-order valence-corrected chi connectivity index (χ1v) is 10.5. The number of hydrogen-bond donors (Lipinski definition) is 1. The van der Waals surface area contributed by atoms with Crippen LogP contribution in [0.3, 0.4) is 0 Å². The van der Waals surface area contributed by atoms with Gasteiger partial charge in [-0.05, 0) is 50.3 Å². The Labute approximate surface area is 168 Å². The van der Waals surface area contributed by atoms with Crippen molar-refractivity contribution in [3.63, 3.8) is 0 Å². The molecular weight excluding hydrogens is 352 g/mol. The molecule has 2 aliphatic rings. The molecule has 154 valence electrons. The topological polar surface area (TPSA) is 55.9 Å². The Bertz CT molecular complexity index is 678. The molecule has 2 saturated heterocycles. The summed E-state index contributed by atoms with van der Waals surface area (Å²) in [5.41, 5.74) is 3.07. The van der Waals surface area contributed by atoms with Crippen molar-refractivity contribution in [2.24, 2.45) is 5.92 Å². The molecule has 0 radical (unpaired) electrons. The second-order valence-electron chi connectivity index (χ2n) is 8.45. The van der Waals surface area contributed by atoms with Crippen molar-refractivity contribution < 1.29 is 9.59 Å². The lowest BCUT2D eigenvalue weighted by Gasteiger charge is -2.36. The van der Waals surface area contributed by atoms with E-state index >= 15 is 0 Å². The normalized spacial score (nSPS) is 21.5. The van der Waals surface area contributed by atoms with Crippen LogP contribution in [-0.4, -0.2) is 78.9 Å². The molecule has 2 aliphatic heterocycles. The van der Waals surface area contributed by atoms with Crippen molar-refractivity contribution in [1.29, 1.82) is 0 Å². The number of nitrogens with zero attached hydrogens (tertiary/aromatic N) is 3. The molecule has 2 fully saturated rings. The lowest BCUT2D eigenvalue weighted by molar-refractivity contribution is -0.134. The predicted octanol–water partition coefficient (Wildman–Crippen LogP) is 2.12. The molecule has 0 aromatic heterocycles. The van der Waals surface area contributed by atoms with Gasteiger partial charge in [0.2, 0.25) is 11.8 Å². The standard InChI is InChI=1S/C22H34N4O2/c1-17-6-5-9-25(14-17)16-21(28)26-12-10-24(11-13-26)15-20(27)23-22-18(2)7-4-8-19(22)3/h4,7-8,17H,5-6,9-16H2,1-3H3,(H,23,27). The van der Waals surface area contributed by atoms with Gasteiger partial charge in [0.05, 0.1) is 13.1 Å². The summed E-state index contributed by atoms with van der Waals surface area (Å²) in [5, 5.41) is 3.05. The third-order valence-electron chi connectivity index (χ3n) is 5.94. The molecule has 1 aromatic carbocycles. The fourth-order valence-electron chi connectivity index (χ4n) is 4.27. The summed E-state index contributed by atoms with van der Waals surface area (Å²) in [6.45, 7) is 12.2. The van der Waals surface area contributed by atoms with E-state index in [1.54, 1.807) is 0 Å². The van der Waals surface area contributed by atoms with E-state index in [2.05, 4.69) is 22.0 Å². The molecule has 0 bridgehead atoms. The maximum atomic E-state index is 12.6. The van der Waals surface area contributed by atoms with E-state index in [0.29, 0.717) is 32.1 Å².